The van der Waals surface area contributed by atoms with Crippen LogP contribution in [0.1, 0.15) is 25.1 Å². The van der Waals surface area contributed by atoms with Crippen LogP contribution in [0.15, 0.2) is 18.2 Å². The molecule has 4 heterocycles. The summed E-state index contributed by atoms with van der Waals surface area (Å²) in [6, 6.07) is 4.47. The highest BCUT2D eigenvalue weighted by atomic mass is 32.2. The Labute approximate surface area is 241 Å². The molecule has 0 unspecified atom stereocenters. The molecule has 3 N–H and O–H groups in total. The van der Waals surface area contributed by atoms with Gasteiger partial charge in [0, 0.05) is 32.2 Å². The smallest absolute Gasteiger partial charge is 0.296 e. The average molecular weight is 632 g/mol. The summed E-state index contributed by atoms with van der Waals surface area (Å²) >= 11 is 0. The molecule has 2 aliphatic heterocycles. The molecule has 5 rings (SSSR count). The number of rotatable bonds is 10. The maximum absolute atomic E-state index is 14.3. The van der Waals surface area contributed by atoms with Crippen molar-refractivity contribution < 1.29 is 35.1 Å². The average Bonchev–Trinajstić information content (AvgIpc) is 3.37. The second-order valence-corrected chi connectivity index (χ2v) is 13.4. The van der Waals surface area contributed by atoms with Crippen LogP contribution in [0.4, 0.5) is 20.7 Å². The van der Waals surface area contributed by atoms with Crippen molar-refractivity contribution >= 4 is 43.0 Å². The Bertz CT molecular complexity index is 1640. The summed E-state index contributed by atoms with van der Waals surface area (Å²) in [6.07, 6.45) is -2.20. The molecule has 0 bridgehead atoms. The molecule has 0 atom stereocenters. The van der Waals surface area contributed by atoms with Gasteiger partial charge < -0.3 is 19.3 Å². The van der Waals surface area contributed by atoms with E-state index in [9.17, 15) is 25.6 Å². The number of primary sulfonamides is 1. The second kappa shape index (κ2) is 12.2. The zero-order chi connectivity index (χ0) is 30.1. The van der Waals surface area contributed by atoms with Crippen molar-refractivity contribution in [2.45, 2.75) is 25.3 Å². The van der Waals surface area contributed by atoms with Crippen LogP contribution in [0.3, 0.4) is 0 Å². The number of alkyl halides is 2. The highest BCUT2D eigenvalue weighted by Gasteiger charge is 2.29. The lowest BCUT2D eigenvalue weighted by Crippen LogP contribution is -2.46. The third kappa shape index (κ3) is 6.86. The van der Waals surface area contributed by atoms with Crippen molar-refractivity contribution in [1.29, 1.82) is 0 Å². The van der Waals surface area contributed by atoms with Gasteiger partial charge in [0.2, 0.25) is 37.9 Å². The van der Waals surface area contributed by atoms with E-state index in [0.717, 1.165) is 0 Å². The number of methoxy groups -OCH3 is 1. The quantitative estimate of drug-likeness (QED) is 0.309. The predicted octanol–water partition coefficient (Wildman–Crippen LogP) is 0.170. The van der Waals surface area contributed by atoms with Gasteiger partial charge in [0.1, 0.15) is 11.3 Å². The van der Waals surface area contributed by atoms with E-state index in [0.29, 0.717) is 63.5 Å². The zero-order valence-corrected chi connectivity index (χ0v) is 24.3. The Morgan fingerprint density at radius 2 is 1.60 bits per heavy atom. The van der Waals surface area contributed by atoms with E-state index >= 15 is 0 Å². The fourth-order valence-electron chi connectivity index (χ4n) is 4.84. The maximum Gasteiger partial charge on any atom is 0.296 e. The largest absolute Gasteiger partial charge is 0.494 e. The summed E-state index contributed by atoms with van der Waals surface area (Å²) in [4.78, 5) is 21.6. The van der Waals surface area contributed by atoms with Gasteiger partial charge in [0.05, 0.1) is 37.3 Å². The number of sulfonamides is 2. The standard InChI is InChI=1S/C23H31F2N9O6S2/c1-39-17-4-2-3-16-18(17)27-20(19(24)25)34(16)23-29-21(28-22(30-23)33-9-11-40-12-10-33)32-7-5-15(6-8-32)31-42(37,38)14-13-41(26,35)36/h2-4,15,19,31H,5-14H2,1H3,(H2,26,35,36). The van der Waals surface area contributed by atoms with E-state index in [1.54, 1.807) is 18.2 Å². The number of aromatic nitrogens is 5. The first-order valence-corrected chi connectivity index (χ1v) is 16.5. The molecule has 3 aromatic rings. The zero-order valence-electron chi connectivity index (χ0n) is 22.7. The molecule has 2 aromatic heterocycles. The number of anilines is 2. The van der Waals surface area contributed by atoms with Gasteiger partial charge in [-0.3, -0.25) is 4.57 Å². The molecule has 0 amide bonds. The fraction of sp³-hybridized carbons (Fsp3) is 0.565. The molecule has 19 heteroatoms. The van der Waals surface area contributed by atoms with Gasteiger partial charge in [0.25, 0.3) is 6.43 Å². The normalized spacial score (nSPS) is 17.4. The number of nitrogens with two attached hydrogens (primary N) is 1. The third-order valence-electron chi connectivity index (χ3n) is 6.94. The van der Waals surface area contributed by atoms with Crippen molar-refractivity contribution in [1.82, 2.24) is 29.2 Å². The monoisotopic (exact) mass is 631 g/mol. The Balaban J connectivity index is 1.46. The minimum atomic E-state index is -3.93. The van der Waals surface area contributed by atoms with Gasteiger partial charge in [-0.25, -0.2) is 40.5 Å². The number of morpholine rings is 1. The Morgan fingerprint density at radius 1 is 0.976 bits per heavy atom. The molecular formula is C23H31F2N9O6S2. The molecule has 2 saturated heterocycles. The molecule has 42 heavy (non-hydrogen) atoms. The number of imidazole rings is 1. The van der Waals surface area contributed by atoms with Gasteiger partial charge in [-0.1, -0.05) is 6.07 Å². The molecule has 2 aliphatic rings. The van der Waals surface area contributed by atoms with Gasteiger partial charge >= 0.3 is 0 Å². The van der Waals surface area contributed by atoms with Crippen LogP contribution in [-0.2, 0) is 24.8 Å². The highest BCUT2D eigenvalue weighted by molar-refractivity contribution is 7.93. The van der Waals surface area contributed by atoms with E-state index in [1.165, 1.54) is 11.7 Å². The minimum Gasteiger partial charge on any atom is -0.494 e. The maximum atomic E-state index is 14.3. The van der Waals surface area contributed by atoms with E-state index in [-0.39, 0.29) is 23.4 Å². The topological polar surface area (TPSA) is 188 Å². The molecule has 0 saturated carbocycles. The number of benzene rings is 1. The van der Waals surface area contributed by atoms with E-state index < -0.39 is 49.8 Å². The molecule has 15 nitrogen and oxygen atoms in total. The van der Waals surface area contributed by atoms with Gasteiger partial charge in [-0.05, 0) is 25.0 Å². The van der Waals surface area contributed by atoms with E-state index in [1.807, 2.05) is 9.80 Å². The minimum absolute atomic E-state index is 0.0432. The first-order valence-electron chi connectivity index (χ1n) is 13.1. The molecule has 0 aliphatic carbocycles. The molecule has 2 fully saturated rings. The van der Waals surface area contributed by atoms with Crippen LogP contribution in [0, 0.1) is 0 Å². The van der Waals surface area contributed by atoms with Crippen LogP contribution >= 0.6 is 0 Å². The van der Waals surface area contributed by atoms with Crippen molar-refractivity contribution in [3.63, 3.8) is 0 Å². The molecular weight excluding hydrogens is 600 g/mol. The lowest BCUT2D eigenvalue weighted by atomic mass is 10.1. The molecule has 1 aromatic carbocycles. The molecule has 230 valence electrons. The van der Waals surface area contributed by atoms with Crippen LogP contribution in [-0.4, -0.2) is 105 Å². The van der Waals surface area contributed by atoms with Crippen LogP contribution < -0.4 is 24.4 Å². The van der Waals surface area contributed by atoms with Gasteiger partial charge in [0.15, 0.2) is 5.82 Å². The second-order valence-electron chi connectivity index (χ2n) is 9.83. The number of hydrogen-bond donors (Lipinski definition) is 2. The van der Waals surface area contributed by atoms with Crippen molar-refractivity contribution in [2.24, 2.45) is 5.14 Å². The number of halogens is 2. The number of nitrogens with zero attached hydrogens (tertiary/aromatic N) is 7. The van der Waals surface area contributed by atoms with Crippen LogP contribution in [0.5, 0.6) is 5.75 Å². The number of hydrogen-bond acceptors (Lipinski definition) is 12. The van der Waals surface area contributed by atoms with Crippen LogP contribution in [0.25, 0.3) is 17.0 Å². The summed E-state index contributed by atoms with van der Waals surface area (Å²) in [6.45, 7) is 2.56. The Hall–Kier alpha value is -3.26. The number of para-hydroxylation sites is 1. The summed E-state index contributed by atoms with van der Waals surface area (Å²) in [5.41, 5.74) is 0.572. The first-order chi connectivity index (χ1) is 19.9. The van der Waals surface area contributed by atoms with E-state index in [4.69, 9.17) is 14.6 Å². The van der Waals surface area contributed by atoms with Gasteiger partial charge in [-0.15, -0.1) is 0 Å². The number of ether oxygens (including phenoxy) is 2. The lowest BCUT2D eigenvalue weighted by molar-refractivity contribution is 0.122. The van der Waals surface area contributed by atoms with Crippen molar-refractivity contribution in [3.8, 4) is 11.7 Å². The Morgan fingerprint density at radius 3 is 2.19 bits per heavy atom. The number of piperidine rings is 1. The van der Waals surface area contributed by atoms with Gasteiger partial charge in [-0.2, -0.15) is 15.0 Å². The van der Waals surface area contributed by atoms with Crippen molar-refractivity contribution in [3.05, 3.63) is 24.0 Å². The predicted molar refractivity (Wildman–Crippen MR) is 149 cm³/mol. The SMILES string of the molecule is COc1cccc2c1nc(C(F)F)n2-c1nc(N2CCOCC2)nc(N2CCC(NS(=O)(=O)CCS(N)(=O)=O)CC2)n1. The summed E-state index contributed by atoms with van der Waals surface area (Å²) in [7, 11) is -6.37. The first kappa shape index (κ1) is 30.2. The lowest BCUT2D eigenvalue weighted by Gasteiger charge is -2.33. The Kier molecular flexibility index (Phi) is 8.74. The van der Waals surface area contributed by atoms with Crippen LogP contribution in [0.2, 0.25) is 0 Å². The molecule has 0 radical (unpaired) electrons. The number of nitrogens with one attached hydrogen (secondary N) is 1. The number of fused-ring (bicyclic) bond motifs is 1. The fourth-order valence-corrected chi connectivity index (χ4v) is 7.51. The highest BCUT2D eigenvalue weighted by Crippen LogP contribution is 2.32. The van der Waals surface area contributed by atoms with Crippen molar-refractivity contribution in [2.75, 3.05) is 67.8 Å². The summed E-state index contributed by atoms with van der Waals surface area (Å²) < 4.78 is 90.1. The summed E-state index contributed by atoms with van der Waals surface area (Å²) in [5.74, 6) is -1.07. The third-order valence-corrected chi connectivity index (χ3v) is 9.41. The summed E-state index contributed by atoms with van der Waals surface area (Å²) in [5, 5.41) is 4.93. The van der Waals surface area contributed by atoms with E-state index in [2.05, 4.69) is 24.7 Å². The molecule has 0 spiro atoms.